The van der Waals surface area contributed by atoms with E-state index in [0.717, 1.165) is 75.2 Å². The average Bonchev–Trinajstić information content (AvgIpc) is 3.45. The van der Waals surface area contributed by atoms with Gasteiger partial charge in [0.05, 0.1) is 12.2 Å². The highest BCUT2D eigenvalue weighted by Crippen LogP contribution is 2.11. The maximum Gasteiger partial charge on any atom is 0.428 e. The normalized spacial score (nSPS) is 12.2. The van der Waals surface area contributed by atoms with Crippen molar-refractivity contribution in [3.05, 3.63) is 179 Å². The summed E-state index contributed by atoms with van der Waals surface area (Å²) in [6, 6.07) is 54.4. The van der Waals surface area contributed by atoms with Crippen molar-refractivity contribution in [2.75, 3.05) is 5.33 Å². The molecular weight excluding hydrogens is 1160 g/mol. The van der Waals surface area contributed by atoms with Gasteiger partial charge in [-0.2, -0.15) is 10.4 Å². The third-order valence-corrected chi connectivity index (χ3v) is 13.1. The number of Topliss-reactive ketones (excluding diaryl/α,β-unsaturated/α-hetero) is 1. The molecular formula is C70H110BrN7O7Si. The van der Waals surface area contributed by atoms with Crippen LogP contribution in [0.1, 0.15) is 162 Å². The van der Waals surface area contributed by atoms with Crippen molar-refractivity contribution in [1.82, 2.24) is 10.9 Å². The van der Waals surface area contributed by atoms with Gasteiger partial charge in [-0.05, 0) is 207 Å². The van der Waals surface area contributed by atoms with Crippen LogP contribution in [0.5, 0.6) is 0 Å². The van der Waals surface area contributed by atoms with Crippen LogP contribution in [0.2, 0.25) is 19.6 Å². The van der Waals surface area contributed by atoms with Gasteiger partial charge in [-0.25, -0.2) is 20.9 Å². The number of ketones is 1. The predicted octanol–water partition coefficient (Wildman–Crippen LogP) is 15.7. The molecule has 0 radical (unpaired) electrons. The van der Waals surface area contributed by atoms with E-state index in [-0.39, 0.29) is 17.9 Å². The Bertz CT molecular complexity index is 2500. The summed E-state index contributed by atoms with van der Waals surface area (Å²) in [6.45, 7) is 26.1. The van der Waals surface area contributed by atoms with Gasteiger partial charge in [-0.1, -0.05) is 168 Å². The zero-order valence-corrected chi connectivity index (χ0v) is 57.3. The summed E-state index contributed by atoms with van der Waals surface area (Å²) in [4.78, 5) is 32.4. The number of rotatable bonds is 23. The number of nitriles is 1. The molecule has 5 aromatic carbocycles. The minimum atomic E-state index is -1.46. The lowest BCUT2D eigenvalue weighted by Gasteiger charge is -2.18. The third kappa shape index (κ3) is 57.1. The molecule has 86 heavy (non-hydrogen) atoms. The van der Waals surface area contributed by atoms with Gasteiger partial charge in [0.1, 0.15) is 23.1 Å². The van der Waals surface area contributed by atoms with E-state index in [4.69, 9.17) is 36.5 Å². The molecule has 0 bridgehead atoms. The Kier molecular flexibility index (Phi) is 47.7. The van der Waals surface area contributed by atoms with E-state index < -0.39 is 37.8 Å². The van der Waals surface area contributed by atoms with E-state index in [1.165, 1.54) is 47.1 Å². The van der Waals surface area contributed by atoms with Crippen LogP contribution >= 0.6 is 15.9 Å². The first-order valence-electron chi connectivity index (χ1n) is 30.2. The summed E-state index contributed by atoms with van der Waals surface area (Å²) >= 11 is 3.41. The smallest absolute Gasteiger partial charge is 0.428 e. The van der Waals surface area contributed by atoms with Gasteiger partial charge in [0.15, 0.2) is 8.32 Å². The average molecular weight is 1270 g/mol. The summed E-state index contributed by atoms with van der Waals surface area (Å²) in [7, 11) is -1.46. The number of hydrazone groups is 1. The summed E-state index contributed by atoms with van der Waals surface area (Å²) in [5, 5.41) is 22.7. The Morgan fingerprint density at radius 2 is 0.919 bits per heavy atom. The summed E-state index contributed by atoms with van der Waals surface area (Å²) in [5.74, 6) is 5.04. The molecule has 478 valence electrons. The molecule has 4 unspecified atom stereocenters. The molecule has 4 atom stereocenters. The van der Waals surface area contributed by atoms with E-state index in [9.17, 15) is 19.5 Å². The molecule has 0 aromatic heterocycles. The Hall–Kier alpha value is -6.03. The lowest BCUT2D eigenvalue weighted by atomic mass is 10.0. The summed E-state index contributed by atoms with van der Waals surface area (Å²) in [6.07, 6.45) is 12.7. The molecule has 0 fully saturated rings. The van der Waals surface area contributed by atoms with Crippen molar-refractivity contribution >= 4 is 47.9 Å². The number of nitrogens with two attached hydrogens (primary N) is 3. The number of benzene rings is 5. The second-order valence-electron chi connectivity index (χ2n) is 23.9. The van der Waals surface area contributed by atoms with Crippen molar-refractivity contribution < 1.29 is 33.4 Å². The minimum absolute atomic E-state index is 0.0845. The molecule has 5 rings (SSSR count). The van der Waals surface area contributed by atoms with Crippen molar-refractivity contribution in [2.45, 2.75) is 221 Å². The number of hydrogen-bond donors (Lipinski definition) is 6. The van der Waals surface area contributed by atoms with Gasteiger partial charge < -0.3 is 35.3 Å². The number of aliphatic hydroxyl groups excluding tert-OH is 1. The number of hydrazine groups is 1. The van der Waals surface area contributed by atoms with Crippen molar-refractivity contribution in [3.8, 4) is 6.07 Å². The van der Waals surface area contributed by atoms with Crippen LogP contribution in [0.15, 0.2) is 157 Å². The number of alkyl halides is 1. The van der Waals surface area contributed by atoms with Crippen LogP contribution in [0.25, 0.3) is 0 Å². The molecule has 0 saturated heterocycles. The van der Waals surface area contributed by atoms with Crippen LogP contribution in [-0.4, -0.2) is 77.9 Å². The van der Waals surface area contributed by atoms with Crippen molar-refractivity contribution in [3.63, 3.8) is 0 Å². The number of nitrogens with one attached hydrogen (secondary N) is 2. The van der Waals surface area contributed by atoms with Gasteiger partial charge in [0.25, 0.3) is 0 Å². The molecule has 0 aliphatic heterocycles. The molecule has 0 aliphatic carbocycles. The highest BCUT2D eigenvalue weighted by atomic mass is 79.9. The molecule has 0 aliphatic rings. The van der Waals surface area contributed by atoms with E-state index >= 15 is 0 Å². The Labute approximate surface area is 529 Å². The van der Waals surface area contributed by atoms with E-state index in [2.05, 4.69) is 150 Å². The maximum atomic E-state index is 11.4. The molecule has 5 aromatic rings. The number of amides is 2. The summed E-state index contributed by atoms with van der Waals surface area (Å²) < 4.78 is 15.2. The number of aliphatic hydroxyl groups is 1. The highest BCUT2D eigenvalue weighted by Gasteiger charge is 2.18. The van der Waals surface area contributed by atoms with Crippen LogP contribution in [-0.2, 0) is 50.8 Å². The predicted molar refractivity (Wildman–Crippen MR) is 366 cm³/mol. The molecule has 0 heterocycles. The first kappa shape index (κ1) is 82.0. The number of nitrogens with zero attached hydrogens (tertiary/aromatic N) is 2. The van der Waals surface area contributed by atoms with E-state index in [1.54, 1.807) is 41.5 Å². The Morgan fingerprint density at radius 1 is 0.581 bits per heavy atom. The Morgan fingerprint density at radius 3 is 1.20 bits per heavy atom. The second-order valence-corrected chi connectivity index (χ2v) is 29.2. The lowest BCUT2D eigenvalue weighted by Crippen LogP contribution is -2.36. The van der Waals surface area contributed by atoms with Gasteiger partial charge in [0, 0.05) is 29.5 Å². The SMILES string of the molecule is BrCCCc1ccccc1.C/C(CCCc1ccccc1)=N\NC(=O)OC(C)(C)C.CC(=O)CCCc1ccccc1.CC(C#N)O[Si](C)(C)C.CC(C)(C)OC(=O)NN.CC(N)CCCc1ccccc1.CC(O)C(N)CCCc1ccccc1. The first-order valence-corrected chi connectivity index (χ1v) is 34.7. The number of carbonyl (C=O) groups excluding carboxylic acids is 3. The van der Waals surface area contributed by atoms with Crippen molar-refractivity contribution in [2.24, 2.45) is 22.4 Å². The molecule has 2 amide bonds. The zero-order valence-electron chi connectivity index (χ0n) is 54.8. The molecule has 14 nitrogen and oxygen atoms in total. The molecule has 16 heteroatoms. The summed E-state index contributed by atoms with van der Waals surface area (Å²) in [5.41, 5.74) is 22.4. The van der Waals surface area contributed by atoms with Crippen LogP contribution in [0.3, 0.4) is 0 Å². The molecule has 0 saturated carbocycles. The molecule has 0 spiro atoms. The zero-order chi connectivity index (χ0) is 65.2. The minimum Gasteiger partial charge on any atom is -0.443 e. The fourth-order valence-electron chi connectivity index (χ4n) is 7.36. The second kappa shape index (κ2) is 50.0. The number of carbonyl (C=O) groups is 3. The largest absolute Gasteiger partial charge is 0.443 e. The maximum absolute atomic E-state index is 11.4. The number of halogens is 1. The van der Waals surface area contributed by atoms with Crippen LogP contribution in [0, 0.1) is 11.3 Å². The third-order valence-electron chi connectivity index (χ3n) is 11.5. The fourth-order valence-corrected chi connectivity index (χ4v) is 8.75. The van der Waals surface area contributed by atoms with Crippen LogP contribution in [0.4, 0.5) is 9.59 Å². The van der Waals surface area contributed by atoms with Gasteiger partial charge >= 0.3 is 12.2 Å². The number of ether oxygens (including phenoxy) is 2. The highest BCUT2D eigenvalue weighted by molar-refractivity contribution is 9.09. The fraction of sp³-hybridized carbons (Fsp3) is 0.500. The van der Waals surface area contributed by atoms with Crippen molar-refractivity contribution in [1.29, 1.82) is 5.26 Å². The van der Waals surface area contributed by atoms with E-state index in [0.29, 0.717) is 12.5 Å². The molecule has 9 N–H and O–H groups in total. The first-order chi connectivity index (χ1) is 40.5. The topological polar surface area (TPSA) is 237 Å². The Balaban J connectivity index is 0. The standard InChI is InChI=1S/C16H24N2O2.C12H19NO.C11H17N.C11H14O.C9H11Br.C6H13NOSi.C5H12N2O2/c1-13(17-18-15(19)20-16(2,3)4)9-8-12-14-10-6-5-7-11-14;1-10(14)12(13)9-5-8-11-6-3-2-4-7-11;2*1-10(12)6-5-9-11-7-3-2-4-8-11;10-8-4-7-9-5-2-1-3-6-9;1-6(5-7)8-9(2,3)4;1-5(2,3)9-4(8)7-6/h5-7,10-11H,8-9,12H2,1-4H3,(H,18,19);2-4,6-7,10,12,14H,5,8-9,13H2,1H3;2-4,7-8,10H,5-6,9,12H2,1H3;2-4,7-8H,5-6,9H2,1H3;1-3,5-6H,4,7-8H2;6H,1-4H3;6H2,1-3H3,(H,7,8)/b17-13+;;;;;;. The number of hydrogen-bond acceptors (Lipinski definition) is 12. The van der Waals surface area contributed by atoms with E-state index in [1.807, 2.05) is 93.8 Å². The quantitative estimate of drug-likeness (QED) is 0.00898. The number of aryl methyl sites for hydroxylation is 5. The lowest BCUT2D eigenvalue weighted by molar-refractivity contribution is -0.117. The van der Waals surface area contributed by atoms with Gasteiger partial charge in [-0.3, -0.25) is 5.43 Å². The monoisotopic (exact) mass is 1270 g/mol. The van der Waals surface area contributed by atoms with Gasteiger partial charge in [-0.15, -0.1) is 0 Å². The van der Waals surface area contributed by atoms with Crippen LogP contribution < -0.4 is 28.2 Å². The van der Waals surface area contributed by atoms with Gasteiger partial charge in [0.2, 0.25) is 0 Å².